The number of hydrogen-bond donors (Lipinski definition) is 2. The van der Waals surface area contributed by atoms with Gasteiger partial charge in [0.25, 0.3) is 10.0 Å². The van der Waals surface area contributed by atoms with Crippen LogP contribution in [0.4, 0.5) is 5.13 Å². The maximum absolute atomic E-state index is 13.4. The van der Waals surface area contributed by atoms with Crippen LogP contribution >= 0.6 is 11.3 Å². The van der Waals surface area contributed by atoms with Crippen LogP contribution in [0.3, 0.4) is 0 Å². The standard InChI is InChI=1S/C29H36N4O4S2/c1-6-15-33(5)27(35)17(2)20-12-13-29(4)16-21-24(18(3)23(29)26(20)34)31-28(38-21)32-39(36,37)22-11-7-9-19-10-8-14-30-25(19)22/h6-11,14,17-18,20,23,26,34H,1,12-13,15-16H2,2-5H3,(H,31,32). The van der Waals surface area contributed by atoms with Crippen LogP contribution in [0.15, 0.2) is 54.1 Å². The van der Waals surface area contributed by atoms with Gasteiger partial charge in [0.05, 0.1) is 17.3 Å². The number of anilines is 1. The zero-order chi connectivity index (χ0) is 28.1. The summed E-state index contributed by atoms with van der Waals surface area (Å²) in [4.78, 5) is 24.9. The van der Waals surface area contributed by atoms with E-state index in [0.29, 0.717) is 17.2 Å². The molecule has 3 aromatic rings. The summed E-state index contributed by atoms with van der Waals surface area (Å²) < 4.78 is 29.5. The van der Waals surface area contributed by atoms with Crippen molar-refractivity contribution in [2.45, 2.75) is 57.0 Å². The fraction of sp³-hybridized carbons (Fsp3) is 0.483. The highest BCUT2D eigenvalue weighted by molar-refractivity contribution is 7.93. The molecule has 8 nitrogen and oxygen atoms in total. The number of pyridine rings is 1. The summed E-state index contributed by atoms with van der Waals surface area (Å²) in [5, 5.41) is 12.7. The number of aliphatic hydroxyl groups is 1. The minimum Gasteiger partial charge on any atom is -0.392 e. The Hall–Kier alpha value is -2.82. The largest absolute Gasteiger partial charge is 0.392 e. The lowest BCUT2D eigenvalue weighted by Gasteiger charge is -2.53. The van der Waals surface area contributed by atoms with E-state index in [-0.39, 0.29) is 39.9 Å². The van der Waals surface area contributed by atoms with Crippen molar-refractivity contribution in [3.8, 4) is 0 Å². The summed E-state index contributed by atoms with van der Waals surface area (Å²) >= 11 is 1.37. The predicted octanol–water partition coefficient (Wildman–Crippen LogP) is 4.83. The van der Waals surface area contributed by atoms with Crippen LogP contribution in [0.25, 0.3) is 10.9 Å². The molecular weight excluding hydrogens is 532 g/mol. The summed E-state index contributed by atoms with van der Waals surface area (Å²) in [6, 6.07) is 8.69. The van der Waals surface area contributed by atoms with E-state index in [0.717, 1.165) is 35.2 Å². The SMILES string of the molecule is C=CCN(C)C(=O)C(C)C1CCC2(C)Cc3sc(NS(=O)(=O)c4cccc5cccnc45)nc3C(C)C2C1O. The second-order valence-corrected chi connectivity index (χ2v) is 14.1. The number of rotatable bonds is 7. The Labute approximate surface area is 234 Å². The highest BCUT2D eigenvalue weighted by Gasteiger charge is 2.54. The first-order valence-corrected chi connectivity index (χ1v) is 15.7. The van der Waals surface area contributed by atoms with Crippen LogP contribution in [0, 0.1) is 23.2 Å². The van der Waals surface area contributed by atoms with Gasteiger partial charge in [-0.3, -0.25) is 14.5 Å². The number of fused-ring (bicyclic) bond motifs is 3. The summed E-state index contributed by atoms with van der Waals surface area (Å²) in [5.74, 6) is -0.617. The Balaban J connectivity index is 1.41. The number of nitrogens with one attached hydrogen (secondary N) is 1. The summed E-state index contributed by atoms with van der Waals surface area (Å²) in [5.41, 5.74) is 1.08. The molecule has 6 unspecified atom stereocenters. The number of carbonyl (C=O) groups is 1. The molecule has 1 fully saturated rings. The van der Waals surface area contributed by atoms with E-state index in [1.807, 2.05) is 19.1 Å². The monoisotopic (exact) mass is 568 g/mol. The second-order valence-electron chi connectivity index (χ2n) is 11.4. The van der Waals surface area contributed by atoms with E-state index in [1.54, 1.807) is 42.4 Å². The molecule has 0 spiro atoms. The lowest BCUT2D eigenvalue weighted by Crippen LogP contribution is -2.53. The van der Waals surface area contributed by atoms with Gasteiger partial charge in [-0.25, -0.2) is 13.4 Å². The number of amides is 1. The molecule has 10 heteroatoms. The van der Waals surface area contributed by atoms with Gasteiger partial charge in [-0.05, 0) is 48.6 Å². The van der Waals surface area contributed by atoms with Gasteiger partial charge >= 0.3 is 0 Å². The molecule has 1 amide bonds. The molecule has 5 rings (SSSR count). The maximum Gasteiger partial charge on any atom is 0.265 e. The number of thiazole rings is 1. The lowest BCUT2D eigenvalue weighted by molar-refractivity contribution is -0.143. The Morgan fingerprint density at radius 1 is 1.36 bits per heavy atom. The number of likely N-dealkylation sites (N-methyl/N-ethyl adjacent to an activating group) is 1. The van der Waals surface area contributed by atoms with Crippen LogP contribution in [0.5, 0.6) is 0 Å². The Bertz CT molecular complexity index is 1520. The van der Waals surface area contributed by atoms with Crippen molar-refractivity contribution in [2.75, 3.05) is 18.3 Å². The van der Waals surface area contributed by atoms with E-state index in [1.165, 1.54) is 11.3 Å². The van der Waals surface area contributed by atoms with Gasteiger partial charge in [0.2, 0.25) is 5.91 Å². The molecule has 2 aliphatic rings. The van der Waals surface area contributed by atoms with E-state index in [2.05, 4.69) is 30.1 Å². The van der Waals surface area contributed by atoms with Crippen molar-refractivity contribution in [1.82, 2.24) is 14.9 Å². The summed E-state index contributed by atoms with van der Waals surface area (Å²) in [7, 11) is -2.15. The molecule has 2 N–H and O–H groups in total. The summed E-state index contributed by atoms with van der Waals surface area (Å²) in [6.45, 7) is 10.4. The minimum atomic E-state index is -3.91. The number of carbonyl (C=O) groups excluding carboxylic acids is 1. The first kappa shape index (κ1) is 27.7. The zero-order valence-electron chi connectivity index (χ0n) is 22.8. The highest BCUT2D eigenvalue weighted by atomic mass is 32.2. The van der Waals surface area contributed by atoms with Crippen LogP contribution in [0.1, 0.15) is 50.1 Å². The van der Waals surface area contributed by atoms with Crippen LogP contribution in [-0.2, 0) is 21.2 Å². The Morgan fingerprint density at radius 3 is 2.85 bits per heavy atom. The topological polar surface area (TPSA) is 112 Å². The van der Waals surface area contributed by atoms with Gasteiger partial charge in [-0.2, -0.15) is 0 Å². The van der Waals surface area contributed by atoms with Crippen molar-refractivity contribution in [2.24, 2.45) is 23.2 Å². The molecule has 0 saturated heterocycles. The third-order valence-corrected chi connectivity index (χ3v) is 11.3. The number of sulfonamides is 1. The van der Waals surface area contributed by atoms with Gasteiger partial charge in [-0.1, -0.05) is 45.0 Å². The molecule has 6 atom stereocenters. The minimum absolute atomic E-state index is 0.0139. The number of aromatic nitrogens is 2. The van der Waals surface area contributed by atoms with Crippen molar-refractivity contribution in [3.05, 3.63) is 59.8 Å². The number of aliphatic hydroxyl groups excluding tert-OH is 1. The van der Waals surface area contributed by atoms with Crippen LogP contribution in [-0.4, -0.2) is 54.0 Å². The van der Waals surface area contributed by atoms with E-state index in [9.17, 15) is 18.3 Å². The van der Waals surface area contributed by atoms with Crippen molar-refractivity contribution in [3.63, 3.8) is 0 Å². The smallest absolute Gasteiger partial charge is 0.265 e. The molecule has 1 saturated carbocycles. The van der Waals surface area contributed by atoms with Crippen molar-refractivity contribution in [1.29, 1.82) is 0 Å². The first-order chi connectivity index (χ1) is 18.5. The molecule has 2 aromatic heterocycles. The van der Waals surface area contributed by atoms with Gasteiger partial charge in [-0.15, -0.1) is 17.9 Å². The molecule has 0 aliphatic heterocycles. The first-order valence-electron chi connectivity index (χ1n) is 13.4. The highest BCUT2D eigenvalue weighted by Crippen LogP contribution is 2.57. The Morgan fingerprint density at radius 2 is 2.10 bits per heavy atom. The zero-order valence-corrected chi connectivity index (χ0v) is 24.4. The third-order valence-electron chi connectivity index (χ3n) is 8.84. The molecule has 0 bridgehead atoms. The average molecular weight is 569 g/mol. The van der Waals surface area contributed by atoms with Crippen LogP contribution in [0.2, 0.25) is 0 Å². The van der Waals surface area contributed by atoms with E-state index in [4.69, 9.17) is 4.98 Å². The fourth-order valence-electron chi connectivity index (χ4n) is 6.87. The van der Waals surface area contributed by atoms with Crippen LogP contribution < -0.4 is 4.72 Å². The number of para-hydroxylation sites is 1. The number of benzene rings is 1. The summed E-state index contributed by atoms with van der Waals surface area (Å²) in [6.07, 6.45) is 4.98. The normalized spacial score (nSPS) is 27.3. The quantitative estimate of drug-likeness (QED) is 0.395. The molecular formula is C29H36N4O4S2. The van der Waals surface area contributed by atoms with Gasteiger partial charge in [0.1, 0.15) is 4.90 Å². The molecule has 39 heavy (non-hydrogen) atoms. The lowest BCUT2D eigenvalue weighted by atomic mass is 9.53. The van der Waals surface area contributed by atoms with Crippen molar-refractivity contribution >= 4 is 43.3 Å². The predicted molar refractivity (Wildman–Crippen MR) is 154 cm³/mol. The number of nitrogens with zero attached hydrogens (tertiary/aromatic N) is 3. The Kier molecular flexibility index (Phi) is 7.32. The van der Waals surface area contributed by atoms with Gasteiger partial charge in [0.15, 0.2) is 5.13 Å². The van der Waals surface area contributed by atoms with Gasteiger partial charge in [0, 0.05) is 41.9 Å². The molecule has 1 aromatic carbocycles. The van der Waals surface area contributed by atoms with Crippen molar-refractivity contribution < 1.29 is 18.3 Å². The maximum atomic E-state index is 13.4. The molecule has 0 radical (unpaired) electrons. The second kappa shape index (κ2) is 10.3. The van der Waals surface area contributed by atoms with E-state index >= 15 is 0 Å². The third kappa shape index (κ3) is 4.87. The molecule has 2 heterocycles. The number of hydrogen-bond acceptors (Lipinski definition) is 7. The average Bonchev–Trinajstić information content (AvgIpc) is 3.28. The van der Waals surface area contributed by atoms with Gasteiger partial charge < -0.3 is 10.0 Å². The molecule has 2 aliphatic carbocycles. The fourth-order valence-corrected chi connectivity index (χ4v) is 9.55. The molecule has 208 valence electrons. The van der Waals surface area contributed by atoms with E-state index < -0.39 is 16.1 Å².